The SMILES string of the molecule is Nc1ncnc2nc(Sc3cc4c(cc3[N+](=O)[O-])OCO4)[nH]c12. The van der Waals surface area contributed by atoms with Gasteiger partial charge in [0.25, 0.3) is 5.69 Å². The highest BCUT2D eigenvalue weighted by molar-refractivity contribution is 7.99. The maximum Gasteiger partial charge on any atom is 0.287 e. The van der Waals surface area contributed by atoms with Crippen molar-refractivity contribution in [3.05, 3.63) is 28.6 Å². The summed E-state index contributed by atoms with van der Waals surface area (Å²) in [5.41, 5.74) is 6.52. The van der Waals surface area contributed by atoms with Crippen LogP contribution < -0.4 is 15.2 Å². The Bertz CT molecular complexity index is 943. The Kier molecular flexibility index (Phi) is 2.94. The van der Waals surface area contributed by atoms with Gasteiger partial charge in [-0.3, -0.25) is 10.1 Å². The van der Waals surface area contributed by atoms with Crippen molar-refractivity contribution in [3.63, 3.8) is 0 Å². The van der Waals surface area contributed by atoms with Crippen molar-refractivity contribution in [3.8, 4) is 11.5 Å². The Morgan fingerprint density at radius 3 is 2.83 bits per heavy atom. The van der Waals surface area contributed by atoms with Crippen LogP contribution in [0.3, 0.4) is 0 Å². The number of nitro benzene ring substituents is 1. The molecule has 2 aromatic heterocycles. The van der Waals surface area contributed by atoms with Crippen LogP contribution in [0.25, 0.3) is 11.2 Å². The van der Waals surface area contributed by atoms with E-state index in [1.54, 1.807) is 6.07 Å². The number of nitro groups is 1. The molecule has 23 heavy (non-hydrogen) atoms. The van der Waals surface area contributed by atoms with Gasteiger partial charge in [-0.05, 0) is 11.8 Å². The molecule has 10 nitrogen and oxygen atoms in total. The first-order valence-electron chi connectivity index (χ1n) is 6.34. The van der Waals surface area contributed by atoms with Crippen molar-refractivity contribution in [2.24, 2.45) is 0 Å². The minimum atomic E-state index is -0.485. The highest BCUT2D eigenvalue weighted by Gasteiger charge is 2.25. The molecule has 3 aromatic rings. The van der Waals surface area contributed by atoms with Gasteiger partial charge in [-0.15, -0.1) is 0 Å². The lowest BCUT2D eigenvalue weighted by molar-refractivity contribution is -0.387. The molecule has 11 heteroatoms. The summed E-state index contributed by atoms with van der Waals surface area (Å²) >= 11 is 1.08. The number of ether oxygens (including phenoxy) is 2. The first-order chi connectivity index (χ1) is 11.1. The van der Waals surface area contributed by atoms with E-state index in [-0.39, 0.29) is 18.3 Å². The van der Waals surface area contributed by atoms with Crippen LogP contribution in [-0.4, -0.2) is 31.7 Å². The number of fused-ring (bicyclic) bond motifs is 2. The van der Waals surface area contributed by atoms with Gasteiger partial charge in [-0.1, -0.05) is 0 Å². The molecular formula is C12H8N6O4S. The molecular weight excluding hydrogens is 324 g/mol. The third-order valence-corrected chi connectivity index (χ3v) is 4.09. The second-order valence-corrected chi connectivity index (χ2v) is 5.56. The molecule has 0 saturated heterocycles. The molecule has 0 aliphatic carbocycles. The average molecular weight is 332 g/mol. The maximum atomic E-state index is 11.3. The van der Waals surface area contributed by atoms with E-state index < -0.39 is 4.92 Å². The van der Waals surface area contributed by atoms with Gasteiger partial charge >= 0.3 is 0 Å². The minimum absolute atomic E-state index is 0.0391. The Morgan fingerprint density at radius 1 is 1.30 bits per heavy atom. The standard InChI is InChI=1S/C12H8N6O4S/c13-10-9-11(15-3-14-10)17-12(16-9)23-8-2-7-6(21-4-22-7)1-5(8)18(19)20/h1-3H,4H2,(H3,13,14,15,16,17). The van der Waals surface area contributed by atoms with Crippen LogP contribution in [0.15, 0.2) is 28.5 Å². The third-order valence-electron chi connectivity index (χ3n) is 3.15. The van der Waals surface area contributed by atoms with Crippen LogP contribution in [0, 0.1) is 10.1 Å². The Labute approximate surface area is 132 Å². The fraction of sp³-hybridized carbons (Fsp3) is 0.0833. The van der Waals surface area contributed by atoms with Crippen LogP contribution >= 0.6 is 11.8 Å². The van der Waals surface area contributed by atoms with Gasteiger partial charge in [-0.2, -0.15) is 0 Å². The number of nitrogens with zero attached hydrogens (tertiary/aromatic N) is 4. The van der Waals surface area contributed by atoms with Crippen molar-refractivity contribution < 1.29 is 14.4 Å². The predicted octanol–water partition coefficient (Wildman–Crippen LogP) is 1.72. The number of anilines is 1. The molecule has 0 radical (unpaired) electrons. The molecule has 3 N–H and O–H groups in total. The summed E-state index contributed by atoms with van der Waals surface area (Å²) in [7, 11) is 0. The van der Waals surface area contributed by atoms with Crippen LogP contribution in [0.4, 0.5) is 11.5 Å². The van der Waals surface area contributed by atoms with Crippen molar-refractivity contribution >= 4 is 34.4 Å². The van der Waals surface area contributed by atoms with E-state index in [4.69, 9.17) is 15.2 Å². The molecule has 1 aliphatic rings. The number of aromatic amines is 1. The van der Waals surface area contributed by atoms with Gasteiger partial charge in [0.05, 0.1) is 15.9 Å². The Hall–Kier alpha value is -3.08. The lowest BCUT2D eigenvalue weighted by atomic mass is 10.3. The van der Waals surface area contributed by atoms with E-state index in [2.05, 4.69) is 19.9 Å². The van der Waals surface area contributed by atoms with Crippen LogP contribution in [0.1, 0.15) is 0 Å². The number of nitrogens with one attached hydrogen (secondary N) is 1. The predicted molar refractivity (Wildman–Crippen MR) is 79.4 cm³/mol. The smallest absolute Gasteiger partial charge is 0.287 e. The van der Waals surface area contributed by atoms with Gasteiger partial charge in [-0.25, -0.2) is 15.0 Å². The fourth-order valence-corrected chi connectivity index (χ4v) is 3.01. The normalized spacial score (nSPS) is 12.7. The van der Waals surface area contributed by atoms with Crippen molar-refractivity contribution in [1.29, 1.82) is 0 Å². The molecule has 4 rings (SSSR count). The summed E-state index contributed by atoms with van der Waals surface area (Å²) < 4.78 is 10.4. The lowest BCUT2D eigenvalue weighted by Gasteiger charge is -2.02. The molecule has 0 saturated carbocycles. The molecule has 0 bridgehead atoms. The van der Waals surface area contributed by atoms with Gasteiger partial charge in [0.1, 0.15) is 11.8 Å². The lowest BCUT2D eigenvalue weighted by Crippen LogP contribution is -1.93. The number of aromatic nitrogens is 4. The number of nitrogens with two attached hydrogens (primary N) is 1. The third kappa shape index (κ3) is 2.26. The molecule has 0 amide bonds. The quantitative estimate of drug-likeness (QED) is 0.541. The van der Waals surface area contributed by atoms with Gasteiger partial charge in [0, 0.05) is 6.07 Å². The number of nitrogen functional groups attached to an aromatic ring is 1. The Morgan fingerprint density at radius 2 is 2.09 bits per heavy atom. The van der Waals surface area contributed by atoms with E-state index in [0.717, 1.165) is 11.8 Å². The summed E-state index contributed by atoms with van der Waals surface area (Å²) in [6.45, 7) is 0.0391. The van der Waals surface area contributed by atoms with Crippen LogP contribution in [-0.2, 0) is 0 Å². The first kappa shape index (κ1) is 13.6. The van der Waals surface area contributed by atoms with Gasteiger partial charge < -0.3 is 20.2 Å². The molecule has 0 unspecified atom stereocenters. The van der Waals surface area contributed by atoms with Crippen LogP contribution in [0.2, 0.25) is 0 Å². The molecule has 116 valence electrons. The van der Waals surface area contributed by atoms with Crippen molar-refractivity contribution in [2.75, 3.05) is 12.5 Å². The van der Waals surface area contributed by atoms with Gasteiger partial charge in [0.15, 0.2) is 28.1 Å². The van der Waals surface area contributed by atoms with E-state index in [1.807, 2.05) is 0 Å². The second-order valence-electron chi connectivity index (χ2n) is 4.53. The monoisotopic (exact) mass is 332 g/mol. The molecule has 0 atom stereocenters. The number of imidazole rings is 1. The average Bonchev–Trinajstić information content (AvgIpc) is 3.12. The molecule has 3 heterocycles. The highest BCUT2D eigenvalue weighted by atomic mass is 32.2. The second kappa shape index (κ2) is 4.98. The Balaban J connectivity index is 1.78. The molecule has 0 fully saturated rings. The topological polar surface area (TPSA) is 142 Å². The number of hydrogen-bond acceptors (Lipinski definition) is 9. The van der Waals surface area contributed by atoms with Crippen molar-refractivity contribution in [2.45, 2.75) is 10.1 Å². The van der Waals surface area contributed by atoms with Crippen molar-refractivity contribution in [1.82, 2.24) is 19.9 Å². The first-order valence-corrected chi connectivity index (χ1v) is 7.15. The number of rotatable bonds is 3. The van der Waals surface area contributed by atoms with Gasteiger partial charge in [0.2, 0.25) is 6.79 Å². The maximum absolute atomic E-state index is 11.3. The largest absolute Gasteiger partial charge is 0.454 e. The summed E-state index contributed by atoms with van der Waals surface area (Å²) in [5.74, 6) is 1.06. The van der Waals surface area contributed by atoms with E-state index in [9.17, 15) is 10.1 Å². The zero-order chi connectivity index (χ0) is 16.0. The summed E-state index contributed by atoms with van der Waals surface area (Å²) in [4.78, 5) is 26.2. The molecule has 1 aliphatic heterocycles. The minimum Gasteiger partial charge on any atom is -0.454 e. The number of benzene rings is 1. The summed E-state index contributed by atoms with van der Waals surface area (Å²) in [6.07, 6.45) is 1.30. The molecule has 0 spiro atoms. The number of hydrogen-bond donors (Lipinski definition) is 2. The fourth-order valence-electron chi connectivity index (χ4n) is 2.11. The summed E-state index contributed by atoms with van der Waals surface area (Å²) in [5, 5.41) is 11.7. The summed E-state index contributed by atoms with van der Waals surface area (Å²) in [6, 6.07) is 2.88. The zero-order valence-corrected chi connectivity index (χ0v) is 12.2. The molecule has 1 aromatic carbocycles. The van der Waals surface area contributed by atoms with Crippen LogP contribution in [0.5, 0.6) is 11.5 Å². The van der Waals surface area contributed by atoms with E-state index >= 15 is 0 Å². The number of H-pyrrole nitrogens is 1. The zero-order valence-electron chi connectivity index (χ0n) is 11.3. The van der Waals surface area contributed by atoms with E-state index in [0.29, 0.717) is 32.7 Å². The van der Waals surface area contributed by atoms with E-state index in [1.165, 1.54) is 12.4 Å². The highest BCUT2D eigenvalue weighted by Crippen LogP contribution is 2.43.